The number of ether oxygens (including phenoxy) is 1. The predicted molar refractivity (Wildman–Crippen MR) is 56.5 cm³/mol. The zero-order valence-electron chi connectivity index (χ0n) is 8.31. The van der Waals surface area contributed by atoms with E-state index in [0.717, 1.165) is 18.6 Å². The van der Waals surface area contributed by atoms with Gasteiger partial charge in [-0.2, -0.15) is 11.8 Å². The monoisotopic (exact) mass is 219 g/mol. The van der Waals surface area contributed by atoms with Gasteiger partial charge < -0.3 is 15.6 Å². The molecule has 0 aromatic heterocycles. The van der Waals surface area contributed by atoms with E-state index in [2.05, 4.69) is 6.92 Å². The molecule has 4 nitrogen and oxygen atoms in total. The molecule has 0 amide bonds. The van der Waals surface area contributed by atoms with E-state index in [0.29, 0.717) is 11.9 Å². The topological polar surface area (TPSA) is 72.6 Å². The van der Waals surface area contributed by atoms with Crippen molar-refractivity contribution in [2.24, 2.45) is 5.73 Å². The van der Waals surface area contributed by atoms with Gasteiger partial charge in [0.2, 0.25) is 0 Å². The Labute approximate surface area is 88.2 Å². The lowest BCUT2D eigenvalue weighted by atomic mass is 10.2. The molecule has 3 N–H and O–H groups in total. The Hall–Kier alpha value is -0.260. The van der Waals surface area contributed by atoms with Crippen LogP contribution in [-0.4, -0.2) is 40.8 Å². The maximum atomic E-state index is 10.4. The number of hydrogen-bond donors (Lipinski definition) is 2. The van der Waals surface area contributed by atoms with E-state index >= 15 is 0 Å². The average Bonchev–Trinajstić information content (AvgIpc) is 2.51. The lowest BCUT2D eigenvalue weighted by molar-refractivity contribution is -0.137. The summed E-state index contributed by atoms with van der Waals surface area (Å²) in [5.74, 6) is 0.382. The summed E-state index contributed by atoms with van der Waals surface area (Å²) in [7, 11) is 0. The molecular weight excluding hydrogens is 202 g/mol. The van der Waals surface area contributed by atoms with Gasteiger partial charge in [0.15, 0.2) is 0 Å². The fourth-order valence-corrected chi connectivity index (χ4v) is 2.45. The largest absolute Gasteiger partial charge is 0.480 e. The summed E-state index contributed by atoms with van der Waals surface area (Å²) in [6, 6.07) is -0.751. The standard InChI is InChI=1S/C9H17NO3S/c1-6-2-3-7(13-6)4-14-5-8(10)9(11)12/h6-8H,2-5,10H2,1H3,(H,11,12)/t6?,7?,8-/m0/s1. The van der Waals surface area contributed by atoms with Crippen molar-refractivity contribution in [3.63, 3.8) is 0 Å². The van der Waals surface area contributed by atoms with Gasteiger partial charge in [0.05, 0.1) is 12.2 Å². The summed E-state index contributed by atoms with van der Waals surface area (Å²) in [5.41, 5.74) is 5.37. The van der Waals surface area contributed by atoms with Gasteiger partial charge in [-0.1, -0.05) is 0 Å². The molecule has 1 aliphatic heterocycles. The first-order valence-electron chi connectivity index (χ1n) is 4.81. The van der Waals surface area contributed by atoms with E-state index in [1.54, 1.807) is 11.8 Å². The lowest BCUT2D eigenvalue weighted by Gasteiger charge is -2.11. The lowest BCUT2D eigenvalue weighted by Crippen LogP contribution is -2.33. The quantitative estimate of drug-likeness (QED) is 0.712. The second-order valence-corrected chi connectivity index (χ2v) is 4.70. The Balaban J connectivity index is 2.07. The van der Waals surface area contributed by atoms with Gasteiger partial charge in [0.1, 0.15) is 6.04 Å². The van der Waals surface area contributed by atoms with Crippen LogP contribution in [0.5, 0.6) is 0 Å². The van der Waals surface area contributed by atoms with Gasteiger partial charge in [0, 0.05) is 11.5 Å². The van der Waals surface area contributed by atoms with Crippen molar-refractivity contribution in [3.8, 4) is 0 Å². The van der Waals surface area contributed by atoms with Crippen molar-refractivity contribution in [2.45, 2.75) is 38.0 Å². The zero-order chi connectivity index (χ0) is 10.6. The number of carboxylic acid groups (broad SMARTS) is 1. The number of carbonyl (C=O) groups is 1. The van der Waals surface area contributed by atoms with E-state index < -0.39 is 12.0 Å². The van der Waals surface area contributed by atoms with Gasteiger partial charge in [-0.15, -0.1) is 0 Å². The molecular formula is C9H17NO3S. The number of hydrogen-bond acceptors (Lipinski definition) is 4. The molecule has 0 spiro atoms. The highest BCUT2D eigenvalue weighted by atomic mass is 32.2. The number of rotatable bonds is 5. The Morgan fingerprint density at radius 2 is 2.43 bits per heavy atom. The zero-order valence-corrected chi connectivity index (χ0v) is 9.13. The Kier molecular flexibility index (Phi) is 4.71. The van der Waals surface area contributed by atoms with Crippen LogP contribution in [0.15, 0.2) is 0 Å². The Morgan fingerprint density at radius 1 is 1.71 bits per heavy atom. The second kappa shape index (κ2) is 5.58. The molecule has 0 saturated carbocycles. The van der Waals surface area contributed by atoms with E-state index in [1.165, 1.54) is 0 Å². The third kappa shape index (κ3) is 3.86. The maximum Gasteiger partial charge on any atom is 0.321 e. The molecule has 1 aliphatic rings. The van der Waals surface area contributed by atoms with Crippen LogP contribution < -0.4 is 5.73 Å². The third-order valence-corrected chi connectivity index (χ3v) is 3.44. The van der Waals surface area contributed by atoms with E-state index in [4.69, 9.17) is 15.6 Å². The van der Waals surface area contributed by atoms with E-state index in [9.17, 15) is 4.79 Å². The Bertz CT molecular complexity index is 200. The number of aliphatic carboxylic acids is 1. The van der Waals surface area contributed by atoms with Crippen molar-refractivity contribution in [2.75, 3.05) is 11.5 Å². The van der Waals surface area contributed by atoms with Gasteiger partial charge in [-0.05, 0) is 19.8 Å². The minimum atomic E-state index is -0.932. The van der Waals surface area contributed by atoms with Crippen LogP contribution in [0.3, 0.4) is 0 Å². The van der Waals surface area contributed by atoms with Crippen molar-refractivity contribution in [3.05, 3.63) is 0 Å². The van der Waals surface area contributed by atoms with Crippen molar-refractivity contribution in [1.82, 2.24) is 0 Å². The molecule has 82 valence electrons. The summed E-state index contributed by atoms with van der Waals surface area (Å²) in [6.45, 7) is 2.06. The minimum absolute atomic E-state index is 0.288. The van der Waals surface area contributed by atoms with Crippen LogP contribution in [0.2, 0.25) is 0 Å². The molecule has 1 saturated heterocycles. The first kappa shape index (κ1) is 11.8. The normalized spacial score (nSPS) is 29.0. The van der Waals surface area contributed by atoms with Crippen molar-refractivity contribution < 1.29 is 14.6 Å². The number of thioether (sulfide) groups is 1. The van der Waals surface area contributed by atoms with Gasteiger partial charge in [-0.3, -0.25) is 4.79 Å². The molecule has 0 aliphatic carbocycles. The smallest absolute Gasteiger partial charge is 0.321 e. The molecule has 0 radical (unpaired) electrons. The second-order valence-electron chi connectivity index (χ2n) is 3.63. The molecule has 3 atom stereocenters. The summed E-state index contributed by atoms with van der Waals surface area (Å²) in [6.07, 6.45) is 2.83. The summed E-state index contributed by atoms with van der Waals surface area (Å²) >= 11 is 1.56. The van der Waals surface area contributed by atoms with Gasteiger partial charge in [-0.25, -0.2) is 0 Å². The summed E-state index contributed by atoms with van der Waals surface area (Å²) in [5, 5.41) is 8.55. The molecule has 0 aromatic rings. The van der Waals surface area contributed by atoms with Gasteiger partial charge >= 0.3 is 5.97 Å². The average molecular weight is 219 g/mol. The maximum absolute atomic E-state index is 10.4. The van der Waals surface area contributed by atoms with Gasteiger partial charge in [0.25, 0.3) is 0 Å². The minimum Gasteiger partial charge on any atom is -0.480 e. The number of nitrogens with two attached hydrogens (primary N) is 1. The summed E-state index contributed by atoms with van der Waals surface area (Å²) in [4.78, 5) is 10.4. The fourth-order valence-electron chi connectivity index (χ4n) is 1.41. The fraction of sp³-hybridized carbons (Fsp3) is 0.889. The highest BCUT2D eigenvalue weighted by Crippen LogP contribution is 2.22. The molecule has 14 heavy (non-hydrogen) atoms. The first-order chi connectivity index (χ1) is 6.59. The first-order valence-corrected chi connectivity index (χ1v) is 5.96. The van der Waals surface area contributed by atoms with Crippen LogP contribution in [0.25, 0.3) is 0 Å². The van der Waals surface area contributed by atoms with E-state index in [1.807, 2.05) is 0 Å². The van der Waals surface area contributed by atoms with Crippen molar-refractivity contribution in [1.29, 1.82) is 0 Å². The van der Waals surface area contributed by atoms with Crippen LogP contribution >= 0.6 is 11.8 Å². The van der Waals surface area contributed by atoms with Crippen LogP contribution in [-0.2, 0) is 9.53 Å². The molecule has 0 bridgehead atoms. The van der Waals surface area contributed by atoms with Crippen LogP contribution in [0.1, 0.15) is 19.8 Å². The Morgan fingerprint density at radius 3 is 2.93 bits per heavy atom. The van der Waals surface area contributed by atoms with E-state index in [-0.39, 0.29) is 6.10 Å². The number of carboxylic acids is 1. The SMILES string of the molecule is CC1CCC(CSC[C@H](N)C(=O)O)O1. The molecule has 1 fully saturated rings. The third-order valence-electron chi connectivity index (χ3n) is 2.24. The highest BCUT2D eigenvalue weighted by Gasteiger charge is 2.22. The molecule has 1 heterocycles. The molecule has 1 rings (SSSR count). The molecule has 5 heteroatoms. The molecule has 0 aromatic carbocycles. The summed E-state index contributed by atoms with van der Waals surface area (Å²) < 4.78 is 5.59. The van der Waals surface area contributed by atoms with Crippen molar-refractivity contribution >= 4 is 17.7 Å². The van der Waals surface area contributed by atoms with Crippen LogP contribution in [0, 0.1) is 0 Å². The predicted octanol–water partition coefficient (Wildman–Crippen LogP) is 0.699. The molecule has 2 unspecified atom stereocenters. The van der Waals surface area contributed by atoms with Crippen LogP contribution in [0.4, 0.5) is 0 Å². The highest BCUT2D eigenvalue weighted by molar-refractivity contribution is 7.99.